The molecule has 2 aromatic rings. The molecule has 19 heavy (non-hydrogen) atoms. The standard InChI is InChI=1S/C17H19BrO/c1-12-4-6-14(3)16(9-12)11-19-17-7-5-13(2)8-15(17)10-18/h4-9H,10-11H2,1-3H3. The molecule has 0 heterocycles. The van der Waals surface area contributed by atoms with E-state index in [1.807, 2.05) is 0 Å². The van der Waals surface area contributed by atoms with Crippen molar-refractivity contribution in [1.29, 1.82) is 0 Å². The Hall–Kier alpha value is -1.28. The maximum atomic E-state index is 5.97. The zero-order chi connectivity index (χ0) is 13.8. The lowest BCUT2D eigenvalue weighted by Gasteiger charge is -2.13. The molecule has 0 aliphatic heterocycles. The minimum absolute atomic E-state index is 0.622. The molecule has 0 spiro atoms. The molecule has 0 radical (unpaired) electrons. The highest BCUT2D eigenvalue weighted by atomic mass is 79.9. The highest BCUT2D eigenvalue weighted by Crippen LogP contribution is 2.24. The van der Waals surface area contributed by atoms with Crippen molar-refractivity contribution in [3.05, 3.63) is 64.2 Å². The van der Waals surface area contributed by atoms with Gasteiger partial charge in [0, 0.05) is 10.9 Å². The molecule has 0 saturated carbocycles. The Morgan fingerprint density at radius 3 is 2.21 bits per heavy atom. The van der Waals surface area contributed by atoms with E-state index in [9.17, 15) is 0 Å². The van der Waals surface area contributed by atoms with Gasteiger partial charge >= 0.3 is 0 Å². The maximum absolute atomic E-state index is 5.97. The zero-order valence-corrected chi connectivity index (χ0v) is 13.3. The van der Waals surface area contributed by atoms with Gasteiger partial charge in [-0.1, -0.05) is 57.4 Å². The molecule has 2 rings (SSSR count). The van der Waals surface area contributed by atoms with Gasteiger partial charge in [-0.3, -0.25) is 0 Å². The van der Waals surface area contributed by atoms with Gasteiger partial charge in [-0.2, -0.15) is 0 Å². The van der Waals surface area contributed by atoms with Crippen LogP contribution in [0.25, 0.3) is 0 Å². The molecule has 0 amide bonds. The first-order valence-electron chi connectivity index (χ1n) is 6.44. The van der Waals surface area contributed by atoms with Gasteiger partial charge in [0.05, 0.1) is 0 Å². The third kappa shape index (κ3) is 3.60. The van der Waals surface area contributed by atoms with Crippen LogP contribution < -0.4 is 4.74 Å². The summed E-state index contributed by atoms with van der Waals surface area (Å²) in [6.07, 6.45) is 0. The van der Waals surface area contributed by atoms with Crippen molar-refractivity contribution in [3.63, 3.8) is 0 Å². The summed E-state index contributed by atoms with van der Waals surface area (Å²) in [5.74, 6) is 0.961. The largest absolute Gasteiger partial charge is 0.489 e. The lowest BCUT2D eigenvalue weighted by Crippen LogP contribution is -2.00. The quantitative estimate of drug-likeness (QED) is 0.714. The van der Waals surface area contributed by atoms with Gasteiger partial charge in [-0.15, -0.1) is 0 Å². The fourth-order valence-electron chi connectivity index (χ4n) is 2.06. The summed E-state index contributed by atoms with van der Waals surface area (Å²) >= 11 is 3.51. The predicted octanol–water partition coefficient (Wildman–Crippen LogP) is 5.09. The summed E-state index contributed by atoms with van der Waals surface area (Å²) in [6.45, 7) is 6.95. The van der Waals surface area contributed by atoms with Gasteiger partial charge in [0.1, 0.15) is 12.4 Å². The first-order valence-corrected chi connectivity index (χ1v) is 7.56. The van der Waals surface area contributed by atoms with Gasteiger partial charge in [0.15, 0.2) is 0 Å². The molecular formula is C17H19BrO. The van der Waals surface area contributed by atoms with E-state index in [1.54, 1.807) is 0 Å². The Bertz CT molecular complexity index is 575. The highest BCUT2D eigenvalue weighted by molar-refractivity contribution is 9.08. The second kappa shape index (κ2) is 6.25. The van der Waals surface area contributed by atoms with Gasteiger partial charge in [-0.25, -0.2) is 0 Å². The third-order valence-corrected chi connectivity index (χ3v) is 3.85. The van der Waals surface area contributed by atoms with Gasteiger partial charge in [0.2, 0.25) is 0 Å². The van der Waals surface area contributed by atoms with E-state index in [1.165, 1.54) is 27.8 Å². The van der Waals surface area contributed by atoms with Crippen molar-refractivity contribution < 1.29 is 4.74 Å². The fourth-order valence-corrected chi connectivity index (χ4v) is 2.50. The van der Waals surface area contributed by atoms with Crippen molar-refractivity contribution in [3.8, 4) is 5.75 Å². The van der Waals surface area contributed by atoms with E-state index < -0.39 is 0 Å². The van der Waals surface area contributed by atoms with Crippen molar-refractivity contribution in [1.82, 2.24) is 0 Å². The molecule has 0 N–H and O–H groups in total. The molecule has 0 aliphatic carbocycles. The van der Waals surface area contributed by atoms with Gasteiger partial charge in [-0.05, 0) is 38.0 Å². The second-order valence-electron chi connectivity index (χ2n) is 4.96. The van der Waals surface area contributed by atoms with Gasteiger partial charge in [0.25, 0.3) is 0 Å². The molecular weight excluding hydrogens is 300 g/mol. The smallest absolute Gasteiger partial charge is 0.123 e. The molecule has 2 heteroatoms. The summed E-state index contributed by atoms with van der Waals surface area (Å²) in [5.41, 5.74) is 6.26. The molecule has 0 bridgehead atoms. The van der Waals surface area contributed by atoms with Crippen LogP contribution >= 0.6 is 15.9 Å². The van der Waals surface area contributed by atoms with Crippen molar-refractivity contribution in [2.24, 2.45) is 0 Å². The van der Waals surface area contributed by atoms with E-state index in [0.717, 1.165) is 11.1 Å². The van der Waals surface area contributed by atoms with E-state index >= 15 is 0 Å². The average molecular weight is 319 g/mol. The van der Waals surface area contributed by atoms with E-state index in [2.05, 4.69) is 73.1 Å². The van der Waals surface area contributed by atoms with E-state index in [4.69, 9.17) is 4.74 Å². The molecule has 0 aromatic heterocycles. The first kappa shape index (κ1) is 14.1. The zero-order valence-electron chi connectivity index (χ0n) is 11.7. The normalized spacial score (nSPS) is 10.5. The summed E-state index contributed by atoms with van der Waals surface area (Å²) in [5, 5.41) is 0.816. The summed E-state index contributed by atoms with van der Waals surface area (Å²) in [6, 6.07) is 12.8. The number of halogens is 1. The highest BCUT2D eigenvalue weighted by Gasteiger charge is 2.05. The number of aryl methyl sites for hydroxylation is 3. The molecule has 0 aliphatic rings. The number of hydrogen-bond acceptors (Lipinski definition) is 1. The number of hydrogen-bond donors (Lipinski definition) is 0. The van der Waals surface area contributed by atoms with E-state index in [0.29, 0.717) is 6.61 Å². The average Bonchev–Trinajstić information content (AvgIpc) is 2.40. The third-order valence-electron chi connectivity index (χ3n) is 3.25. The summed E-state index contributed by atoms with van der Waals surface area (Å²) < 4.78 is 5.97. The number of benzene rings is 2. The van der Waals surface area contributed by atoms with Crippen LogP contribution in [0.1, 0.15) is 27.8 Å². The number of alkyl halides is 1. The Morgan fingerprint density at radius 2 is 1.53 bits per heavy atom. The lowest BCUT2D eigenvalue weighted by atomic mass is 10.1. The predicted molar refractivity (Wildman–Crippen MR) is 84.1 cm³/mol. The Morgan fingerprint density at radius 1 is 0.895 bits per heavy atom. The Labute approximate surface area is 123 Å². The minimum Gasteiger partial charge on any atom is -0.489 e. The van der Waals surface area contributed by atoms with Crippen LogP contribution in [0.2, 0.25) is 0 Å². The molecule has 100 valence electrons. The molecule has 0 fully saturated rings. The summed E-state index contributed by atoms with van der Waals surface area (Å²) in [7, 11) is 0. The van der Waals surface area contributed by atoms with Crippen LogP contribution in [0.4, 0.5) is 0 Å². The SMILES string of the molecule is Cc1ccc(C)c(COc2ccc(C)cc2CBr)c1. The van der Waals surface area contributed by atoms with Crippen LogP contribution in [0.3, 0.4) is 0 Å². The molecule has 0 unspecified atom stereocenters. The maximum Gasteiger partial charge on any atom is 0.123 e. The van der Waals surface area contributed by atoms with Crippen LogP contribution in [0, 0.1) is 20.8 Å². The van der Waals surface area contributed by atoms with Crippen molar-refractivity contribution in [2.75, 3.05) is 0 Å². The number of ether oxygens (including phenoxy) is 1. The monoisotopic (exact) mass is 318 g/mol. The molecule has 0 atom stereocenters. The summed E-state index contributed by atoms with van der Waals surface area (Å²) in [4.78, 5) is 0. The lowest BCUT2D eigenvalue weighted by molar-refractivity contribution is 0.303. The topological polar surface area (TPSA) is 9.23 Å². The second-order valence-corrected chi connectivity index (χ2v) is 5.52. The van der Waals surface area contributed by atoms with E-state index in [-0.39, 0.29) is 0 Å². The van der Waals surface area contributed by atoms with Crippen molar-refractivity contribution >= 4 is 15.9 Å². The Kier molecular flexibility index (Phi) is 4.65. The number of rotatable bonds is 4. The Balaban J connectivity index is 2.16. The minimum atomic E-state index is 0.622. The fraction of sp³-hybridized carbons (Fsp3) is 0.294. The van der Waals surface area contributed by atoms with Crippen LogP contribution in [-0.4, -0.2) is 0 Å². The van der Waals surface area contributed by atoms with Crippen LogP contribution in [0.5, 0.6) is 5.75 Å². The molecule has 2 aromatic carbocycles. The molecule has 0 saturated heterocycles. The van der Waals surface area contributed by atoms with Crippen molar-refractivity contribution in [2.45, 2.75) is 32.7 Å². The molecule has 1 nitrogen and oxygen atoms in total. The van der Waals surface area contributed by atoms with Gasteiger partial charge < -0.3 is 4.74 Å². The van der Waals surface area contributed by atoms with Crippen LogP contribution in [0.15, 0.2) is 36.4 Å². The first-order chi connectivity index (χ1) is 9.10. The van der Waals surface area contributed by atoms with Crippen LogP contribution in [-0.2, 0) is 11.9 Å².